The summed E-state index contributed by atoms with van der Waals surface area (Å²) in [6.07, 6.45) is 20.7. The summed E-state index contributed by atoms with van der Waals surface area (Å²) in [5.74, 6) is 9.48. The monoisotopic (exact) mass is 1030 g/mol. The Morgan fingerprint density at radius 2 is 1.63 bits per heavy atom. The predicted octanol–water partition coefficient (Wildman–Crippen LogP) is 12.9. The Morgan fingerprint density at radius 1 is 0.855 bits per heavy atom. The van der Waals surface area contributed by atoms with Crippen molar-refractivity contribution >= 4 is 16.7 Å². The highest BCUT2D eigenvalue weighted by Gasteiger charge is 2.93. The minimum atomic E-state index is -1.53. The number of carboxylic acid groups (broad SMARTS) is 1. The molecule has 406 valence electrons. The first-order valence-electron chi connectivity index (χ1n) is 31.1. The molecule has 1 aliphatic heterocycles. The molecule has 9 fully saturated rings. The molecule has 15 rings (SSSR count). The quantitative estimate of drug-likeness (QED) is 0.150. The van der Waals surface area contributed by atoms with E-state index in [2.05, 4.69) is 94.1 Å². The van der Waals surface area contributed by atoms with Gasteiger partial charge in [-0.25, -0.2) is 0 Å². The highest BCUT2D eigenvalue weighted by molar-refractivity contribution is 5.94. The summed E-state index contributed by atoms with van der Waals surface area (Å²) in [7, 11) is 1.75. The molecule has 20 atom stereocenters. The Bertz CT molecular complexity index is 2970. The van der Waals surface area contributed by atoms with E-state index in [1.165, 1.54) is 66.0 Å². The topological polar surface area (TPSA) is 116 Å². The lowest BCUT2D eigenvalue weighted by Crippen LogP contribution is -2.87. The van der Waals surface area contributed by atoms with E-state index in [0.717, 1.165) is 101 Å². The lowest BCUT2D eigenvalue weighted by atomic mass is 9.13. The second kappa shape index (κ2) is 16.2. The number of ether oxygens (including phenoxy) is 2. The van der Waals surface area contributed by atoms with Crippen LogP contribution in [0.4, 0.5) is 0 Å². The van der Waals surface area contributed by atoms with E-state index < -0.39 is 51.0 Å². The molecule has 76 heavy (non-hydrogen) atoms. The van der Waals surface area contributed by atoms with Gasteiger partial charge in [0.1, 0.15) is 0 Å². The first-order valence-corrected chi connectivity index (χ1v) is 31.1. The van der Waals surface area contributed by atoms with Crippen LogP contribution >= 0.6 is 0 Å². The van der Waals surface area contributed by atoms with Gasteiger partial charge in [0, 0.05) is 52.9 Å². The summed E-state index contributed by atoms with van der Waals surface area (Å²) < 4.78 is 12.9. The zero-order valence-electron chi connectivity index (χ0n) is 46.7. The van der Waals surface area contributed by atoms with Gasteiger partial charge < -0.3 is 29.9 Å². The number of benzene rings is 3. The zero-order valence-corrected chi connectivity index (χ0v) is 46.7. The number of hydrogen-bond acceptors (Lipinski definition) is 6. The number of hydrogen-bond donors (Lipinski definition) is 4. The molecular formula is C69H88O7. The summed E-state index contributed by atoms with van der Waals surface area (Å²) in [5, 5.41) is 55.7. The first-order chi connectivity index (χ1) is 36.6. The van der Waals surface area contributed by atoms with Gasteiger partial charge in [-0.1, -0.05) is 107 Å². The number of aliphatic hydroxyl groups excluding tert-OH is 2. The number of aliphatic hydroxyl groups is 3. The van der Waals surface area contributed by atoms with Gasteiger partial charge in [0.2, 0.25) is 0 Å². The van der Waals surface area contributed by atoms with Gasteiger partial charge in [0.15, 0.2) is 5.79 Å². The van der Waals surface area contributed by atoms with E-state index >= 15 is 0 Å². The van der Waals surface area contributed by atoms with Gasteiger partial charge in [0.05, 0.1) is 30.8 Å². The molecule has 3 aromatic carbocycles. The van der Waals surface area contributed by atoms with Crippen LogP contribution in [-0.4, -0.2) is 64.7 Å². The van der Waals surface area contributed by atoms with E-state index in [4.69, 9.17) is 9.47 Å². The van der Waals surface area contributed by atoms with Crippen molar-refractivity contribution < 1.29 is 34.7 Å². The van der Waals surface area contributed by atoms with Gasteiger partial charge in [-0.2, -0.15) is 0 Å². The average Bonchev–Trinajstić information content (AvgIpc) is 1.37. The van der Waals surface area contributed by atoms with Gasteiger partial charge in [-0.3, -0.25) is 4.79 Å². The van der Waals surface area contributed by atoms with Crippen LogP contribution in [0.15, 0.2) is 54.6 Å². The van der Waals surface area contributed by atoms with Gasteiger partial charge in [-0.15, -0.1) is 5.92 Å². The second-order valence-corrected chi connectivity index (χ2v) is 29.7. The maximum absolute atomic E-state index is 14.6. The lowest BCUT2D eigenvalue weighted by molar-refractivity contribution is -0.396. The van der Waals surface area contributed by atoms with E-state index in [1.807, 2.05) is 0 Å². The first kappa shape index (κ1) is 49.8. The van der Waals surface area contributed by atoms with Crippen LogP contribution in [0.3, 0.4) is 0 Å². The molecule has 20 unspecified atom stereocenters. The summed E-state index contributed by atoms with van der Waals surface area (Å²) in [5.41, 5.74) is 1.57. The number of methoxy groups -OCH3 is 1. The third kappa shape index (κ3) is 5.47. The van der Waals surface area contributed by atoms with Crippen molar-refractivity contribution in [2.45, 2.75) is 205 Å². The second-order valence-electron chi connectivity index (χ2n) is 29.7. The molecule has 5 spiro atoms. The molecule has 0 aromatic heterocycles. The summed E-state index contributed by atoms with van der Waals surface area (Å²) in [6, 6.07) is 20.8. The number of carboxylic acids is 1. The van der Waals surface area contributed by atoms with Crippen LogP contribution in [0.5, 0.6) is 0 Å². The minimum absolute atomic E-state index is 0.0385. The number of aliphatic carboxylic acids is 1. The van der Waals surface area contributed by atoms with E-state index in [1.54, 1.807) is 12.7 Å². The Kier molecular flexibility index (Phi) is 10.6. The Hall–Kier alpha value is -3.25. The zero-order chi connectivity index (χ0) is 52.3. The molecule has 3 aromatic rings. The fourth-order valence-electron chi connectivity index (χ4n) is 25.7. The molecule has 4 N–H and O–H groups in total. The average molecular weight is 1030 g/mol. The maximum atomic E-state index is 14.6. The summed E-state index contributed by atoms with van der Waals surface area (Å²) >= 11 is 0. The Balaban J connectivity index is 1.03. The van der Waals surface area contributed by atoms with Crippen molar-refractivity contribution in [2.24, 2.45) is 84.7 Å². The normalized spacial score (nSPS) is 50.3. The number of rotatable bonds is 10. The lowest BCUT2D eigenvalue weighted by Gasteiger charge is -2.89. The standard InChI is InChI=1S/C69H88O7/c1-6-10-52-66-33-32-64-26-9-14-45(48-22-20-44-11-7-13-47(44)36-48)24-27-67-58-57(61(3,59(72)73)30-28-60(58,2)29-31-62(64,67)4)51-38-63(67)40-65(64,37-49-23-21-46-12-8-15-50(51)55(46)56(49)63)68(66,41-70)53(71)39-69(52,74)76-54(66)35-43-18-16-42(17-19-43)25-34-75-5/h8,12,15-19,21,23,44-45,47-48,51-54,57-58,70-71,74H,6-7,10-11,13-14,20,22,24-25,27-41H2,1-5H3,(H,72,73). The molecule has 7 bridgehead atoms. The molecule has 11 aliphatic carbocycles. The summed E-state index contributed by atoms with van der Waals surface area (Å²) in [4.78, 5) is 14.6. The van der Waals surface area contributed by atoms with E-state index in [-0.39, 0.29) is 58.4 Å². The van der Waals surface area contributed by atoms with Crippen LogP contribution in [0.2, 0.25) is 0 Å². The third-order valence-electron chi connectivity index (χ3n) is 28.2. The van der Waals surface area contributed by atoms with Crippen molar-refractivity contribution in [1.29, 1.82) is 0 Å². The Morgan fingerprint density at radius 3 is 2.42 bits per heavy atom. The minimum Gasteiger partial charge on any atom is -0.481 e. The third-order valence-corrected chi connectivity index (χ3v) is 28.2. The molecule has 12 aliphatic rings. The maximum Gasteiger partial charge on any atom is 0.309 e. The molecule has 8 saturated carbocycles. The van der Waals surface area contributed by atoms with Gasteiger partial charge in [0.25, 0.3) is 0 Å². The van der Waals surface area contributed by atoms with Gasteiger partial charge >= 0.3 is 5.97 Å². The van der Waals surface area contributed by atoms with Crippen molar-refractivity contribution in [3.8, 4) is 11.8 Å². The molecule has 0 radical (unpaired) electrons. The van der Waals surface area contributed by atoms with Gasteiger partial charge in [-0.05, 0) is 212 Å². The highest BCUT2D eigenvalue weighted by Crippen LogP contribution is 2.95. The van der Waals surface area contributed by atoms with Crippen molar-refractivity contribution in [1.82, 2.24) is 0 Å². The molecule has 0 amide bonds. The number of carbonyl (C=O) groups is 1. The predicted molar refractivity (Wildman–Crippen MR) is 295 cm³/mol. The fourth-order valence-corrected chi connectivity index (χ4v) is 25.7. The molecule has 1 heterocycles. The van der Waals surface area contributed by atoms with Crippen molar-refractivity contribution in [3.05, 3.63) is 82.4 Å². The van der Waals surface area contributed by atoms with Crippen LogP contribution in [0, 0.1) is 96.6 Å². The molecule has 7 heteroatoms. The van der Waals surface area contributed by atoms with Crippen LogP contribution in [0.1, 0.15) is 190 Å². The molecular weight excluding hydrogens is 941 g/mol. The van der Waals surface area contributed by atoms with E-state index in [9.17, 15) is 25.2 Å². The highest BCUT2D eigenvalue weighted by atomic mass is 16.6. The Labute approximate surface area is 453 Å². The summed E-state index contributed by atoms with van der Waals surface area (Å²) in [6.45, 7) is 10.3. The smallest absolute Gasteiger partial charge is 0.309 e. The van der Waals surface area contributed by atoms with E-state index in [0.29, 0.717) is 37.7 Å². The van der Waals surface area contributed by atoms with Crippen molar-refractivity contribution in [3.63, 3.8) is 0 Å². The molecule has 7 nitrogen and oxygen atoms in total. The largest absolute Gasteiger partial charge is 0.481 e. The SMILES string of the molecule is CCCC1C2(O)CC(O)C3(CO)C1(CCC14C#CCC(C5CCC6CCCC6C5)CCC56C7C(C8CC59CC13Cc1ccc3cccc8c3c19)C(C)(C(=O)O)CCC7(C)CCC46C)C(Cc1ccc(CCOC)cc1)O2. The molecule has 1 saturated heterocycles. The van der Waals surface area contributed by atoms with Crippen molar-refractivity contribution in [2.75, 3.05) is 20.3 Å². The van der Waals surface area contributed by atoms with Crippen LogP contribution in [-0.2, 0) is 38.9 Å². The number of fused-ring (bicyclic) bond motifs is 5. The van der Waals surface area contributed by atoms with Crippen LogP contribution in [0.25, 0.3) is 10.8 Å². The fraction of sp³-hybridized carbons (Fsp3) is 0.725. The van der Waals surface area contributed by atoms with Crippen LogP contribution < -0.4 is 0 Å².